The standard InChI is InChI=1S/C16H19N3O6/c1-9(14(21)17-10-5-3-4-6-12(10)24-2)25-13(20)8-7-11-15(22)19-16(23)18-11/h3-6,9,11H,7-8H2,1-2H3,(H,17,21)(H2,18,19,22,23). The molecule has 2 atom stereocenters. The van der Waals surface area contributed by atoms with Gasteiger partial charge in [0.15, 0.2) is 6.10 Å². The molecular weight excluding hydrogens is 330 g/mol. The largest absolute Gasteiger partial charge is 0.495 e. The number of anilines is 1. The fourth-order valence-corrected chi connectivity index (χ4v) is 2.22. The lowest BCUT2D eigenvalue weighted by Crippen LogP contribution is -2.32. The Labute approximate surface area is 144 Å². The number of urea groups is 1. The second-order valence-electron chi connectivity index (χ2n) is 5.38. The molecular formula is C16H19N3O6. The van der Waals surface area contributed by atoms with Crippen molar-refractivity contribution in [2.24, 2.45) is 0 Å². The van der Waals surface area contributed by atoms with Crippen molar-refractivity contribution in [3.63, 3.8) is 0 Å². The van der Waals surface area contributed by atoms with Gasteiger partial charge in [0.1, 0.15) is 11.8 Å². The summed E-state index contributed by atoms with van der Waals surface area (Å²) in [6.07, 6.45) is -1.04. The van der Waals surface area contributed by atoms with Crippen LogP contribution in [0.5, 0.6) is 5.75 Å². The molecule has 4 amide bonds. The number of ether oxygens (including phenoxy) is 2. The molecule has 1 fully saturated rings. The minimum absolute atomic E-state index is 0.0945. The normalized spacial score (nSPS) is 17.3. The number of carbonyl (C=O) groups is 4. The van der Waals surface area contributed by atoms with E-state index in [0.29, 0.717) is 11.4 Å². The maximum atomic E-state index is 12.1. The Morgan fingerprint density at radius 1 is 1.28 bits per heavy atom. The molecule has 0 radical (unpaired) electrons. The van der Waals surface area contributed by atoms with E-state index in [-0.39, 0.29) is 12.8 Å². The van der Waals surface area contributed by atoms with Crippen molar-refractivity contribution in [2.45, 2.75) is 31.9 Å². The van der Waals surface area contributed by atoms with Crippen LogP contribution in [0.4, 0.5) is 10.5 Å². The Balaban J connectivity index is 1.81. The van der Waals surface area contributed by atoms with E-state index in [1.807, 2.05) is 0 Å². The number of methoxy groups -OCH3 is 1. The van der Waals surface area contributed by atoms with Gasteiger partial charge in [0.2, 0.25) is 0 Å². The van der Waals surface area contributed by atoms with Crippen molar-refractivity contribution in [1.82, 2.24) is 10.6 Å². The van der Waals surface area contributed by atoms with Crippen LogP contribution in [0.2, 0.25) is 0 Å². The van der Waals surface area contributed by atoms with Gasteiger partial charge in [-0.3, -0.25) is 19.7 Å². The highest BCUT2D eigenvalue weighted by atomic mass is 16.5. The molecule has 9 nitrogen and oxygen atoms in total. The highest BCUT2D eigenvalue weighted by molar-refractivity contribution is 6.04. The molecule has 1 saturated heterocycles. The fourth-order valence-electron chi connectivity index (χ4n) is 2.22. The molecule has 0 spiro atoms. The quantitative estimate of drug-likeness (QED) is 0.488. The molecule has 0 aliphatic carbocycles. The average Bonchev–Trinajstić information content (AvgIpc) is 2.90. The third-order valence-corrected chi connectivity index (χ3v) is 3.54. The summed E-state index contributed by atoms with van der Waals surface area (Å²) in [5.41, 5.74) is 0.461. The SMILES string of the molecule is COc1ccccc1NC(=O)C(C)OC(=O)CCC1NC(=O)NC1=O. The van der Waals surface area contributed by atoms with Gasteiger partial charge in [0, 0.05) is 6.42 Å². The van der Waals surface area contributed by atoms with E-state index in [1.54, 1.807) is 24.3 Å². The molecule has 0 bridgehead atoms. The third-order valence-electron chi connectivity index (χ3n) is 3.54. The van der Waals surface area contributed by atoms with Crippen LogP contribution in [-0.2, 0) is 19.1 Å². The zero-order chi connectivity index (χ0) is 18.4. The van der Waals surface area contributed by atoms with Crippen molar-refractivity contribution in [3.05, 3.63) is 24.3 Å². The average molecular weight is 349 g/mol. The number of nitrogens with one attached hydrogen (secondary N) is 3. The summed E-state index contributed by atoms with van der Waals surface area (Å²) < 4.78 is 10.2. The van der Waals surface area contributed by atoms with E-state index in [2.05, 4.69) is 16.0 Å². The molecule has 134 valence electrons. The molecule has 1 heterocycles. The van der Waals surface area contributed by atoms with Crippen LogP contribution in [0, 0.1) is 0 Å². The summed E-state index contributed by atoms with van der Waals surface area (Å²) in [7, 11) is 1.48. The lowest BCUT2D eigenvalue weighted by atomic mass is 10.1. The predicted octanol–water partition coefficient (Wildman–Crippen LogP) is 0.554. The zero-order valence-electron chi connectivity index (χ0n) is 13.8. The van der Waals surface area contributed by atoms with Crippen LogP contribution in [0.3, 0.4) is 0 Å². The topological polar surface area (TPSA) is 123 Å². The van der Waals surface area contributed by atoms with Crippen molar-refractivity contribution in [3.8, 4) is 5.75 Å². The third kappa shape index (κ3) is 4.93. The first kappa shape index (κ1) is 18.2. The molecule has 1 aromatic carbocycles. The van der Waals surface area contributed by atoms with E-state index in [9.17, 15) is 19.2 Å². The Hall–Kier alpha value is -3.10. The predicted molar refractivity (Wildman–Crippen MR) is 86.9 cm³/mol. The number of benzene rings is 1. The van der Waals surface area contributed by atoms with E-state index in [0.717, 1.165) is 0 Å². The van der Waals surface area contributed by atoms with Crippen LogP contribution < -0.4 is 20.7 Å². The van der Waals surface area contributed by atoms with Gasteiger partial charge in [-0.2, -0.15) is 0 Å². The Morgan fingerprint density at radius 2 is 2.00 bits per heavy atom. The first-order valence-electron chi connectivity index (χ1n) is 7.65. The number of para-hydroxylation sites is 2. The number of rotatable bonds is 7. The second kappa shape index (κ2) is 8.13. The molecule has 0 saturated carbocycles. The summed E-state index contributed by atoms with van der Waals surface area (Å²) in [6.45, 7) is 1.44. The summed E-state index contributed by atoms with van der Waals surface area (Å²) in [5.74, 6) is -1.15. The van der Waals surface area contributed by atoms with Crippen molar-refractivity contribution < 1.29 is 28.7 Å². The minimum Gasteiger partial charge on any atom is -0.495 e. The fraction of sp³-hybridized carbons (Fsp3) is 0.375. The van der Waals surface area contributed by atoms with E-state index < -0.39 is 36.0 Å². The van der Waals surface area contributed by atoms with E-state index in [1.165, 1.54) is 14.0 Å². The second-order valence-corrected chi connectivity index (χ2v) is 5.38. The van der Waals surface area contributed by atoms with Gasteiger partial charge >= 0.3 is 12.0 Å². The highest BCUT2D eigenvalue weighted by Gasteiger charge is 2.30. The molecule has 1 aliphatic rings. The number of carbonyl (C=O) groups excluding carboxylic acids is 4. The van der Waals surface area contributed by atoms with Crippen LogP contribution in [-0.4, -0.2) is 43.1 Å². The van der Waals surface area contributed by atoms with Crippen LogP contribution >= 0.6 is 0 Å². The van der Waals surface area contributed by atoms with Crippen molar-refractivity contribution >= 4 is 29.5 Å². The lowest BCUT2D eigenvalue weighted by molar-refractivity contribution is -0.153. The van der Waals surface area contributed by atoms with Crippen molar-refractivity contribution in [1.29, 1.82) is 0 Å². The molecule has 1 aliphatic heterocycles. The van der Waals surface area contributed by atoms with Crippen LogP contribution in [0.15, 0.2) is 24.3 Å². The monoisotopic (exact) mass is 349 g/mol. The van der Waals surface area contributed by atoms with Gasteiger partial charge in [0.25, 0.3) is 11.8 Å². The minimum atomic E-state index is -1.02. The number of imide groups is 1. The number of hydrogen-bond acceptors (Lipinski definition) is 6. The van der Waals surface area contributed by atoms with Gasteiger partial charge in [-0.15, -0.1) is 0 Å². The van der Waals surface area contributed by atoms with Crippen LogP contribution in [0.25, 0.3) is 0 Å². The lowest BCUT2D eigenvalue weighted by Gasteiger charge is -2.15. The number of hydrogen-bond donors (Lipinski definition) is 3. The van der Waals surface area contributed by atoms with E-state index in [4.69, 9.17) is 9.47 Å². The van der Waals surface area contributed by atoms with Gasteiger partial charge in [-0.25, -0.2) is 4.79 Å². The maximum absolute atomic E-state index is 12.1. The summed E-state index contributed by atoms with van der Waals surface area (Å²) in [4.78, 5) is 46.3. The van der Waals surface area contributed by atoms with Gasteiger partial charge < -0.3 is 20.1 Å². The zero-order valence-corrected chi connectivity index (χ0v) is 13.8. The molecule has 2 unspecified atom stereocenters. The Bertz CT molecular complexity index is 690. The number of esters is 1. The first-order valence-corrected chi connectivity index (χ1v) is 7.65. The van der Waals surface area contributed by atoms with Gasteiger partial charge in [-0.05, 0) is 25.5 Å². The smallest absolute Gasteiger partial charge is 0.322 e. The van der Waals surface area contributed by atoms with Crippen LogP contribution in [0.1, 0.15) is 19.8 Å². The Morgan fingerprint density at radius 3 is 2.64 bits per heavy atom. The molecule has 3 N–H and O–H groups in total. The summed E-state index contributed by atoms with van der Waals surface area (Å²) >= 11 is 0. The van der Waals surface area contributed by atoms with Gasteiger partial charge in [0.05, 0.1) is 12.8 Å². The molecule has 25 heavy (non-hydrogen) atoms. The highest BCUT2D eigenvalue weighted by Crippen LogP contribution is 2.23. The molecule has 1 aromatic rings. The molecule has 0 aromatic heterocycles. The molecule has 9 heteroatoms. The maximum Gasteiger partial charge on any atom is 0.322 e. The Kier molecular flexibility index (Phi) is 5.93. The van der Waals surface area contributed by atoms with Gasteiger partial charge in [-0.1, -0.05) is 12.1 Å². The summed E-state index contributed by atoms with van der Waals surface area (Å²) in [5, 5.41) is 7.06. The number of amides is 4. The van der Waals surface area contributed by atoms with Crippen molar-refractivity contribution in [2.75, 3.05) is 12.4 Å². The summed E-state index contributed by atoms with van der Waals surface area (Å²) in [6, 6.07) is 5.48. The first-order chi connectivity index (χ1) is 11.9. The van der Waals surface area contributed by atoms with E-state index >= 15 is 0 Å². The molecule has 2 rings (SSSR count).